The maximum atomic E-state index is 6.19. The third-order valence-corrected chi connectivity index (χ3v) is 5.53. The third kappa shape index (κ3) is 3.67. The monoisotopic (exact) mass is 401 g/mol. The van der Waals surface area contributed by atoms with Gasteiger partial charge >= 0.3 is 0 Å². The van der Waals surface area contributed by atoms with Gasteiger partial charge in [0.1, 0.15) is 24.4 Å². The maximum absolute atomic E-state index is 6.19. The molecule has 1 aromatic carbocycles. The Kier molecular flexibility index (Phi) is 4.66. The van der Waals surface area contributed by atoms with Crippen LogP contribution in [0.25, 0.3) is 10.9 Å². The number of ether oxygens (including phenoxy) is 6. The largest absolute Gasteiger partial charge is 0.374 e. The molecule has 0 N–H and O–H groups in total. The first-order valence-electron chi connectivity index (χ1n) is 10.1. The van der Waals surface area contributed by atoms with Gasteiger partial charge in [-0.15, -0.1) is 0 Å². The quantitative estimate of drug-likeness (QED) is 0.780. The van der Waals surface area contributed by atoms with Crippen LogP contribution in [0.15, 0.2) is 36.5 Å². The van der Waals surface area contributed by atoms with Gasteiger partial charge in [0.05, 0.1) is 18.7 Å². The van der Waals surface area contributed by atoms with Gasteiger partial charge in [0.15, 0.2) is 17.9 Å². The van der Waals surface area contributed by atoms with Crippen LogP contribution in [0.3, 0.4) is 0 Å². The van der Waals surface area contributed by atoms with Gasteiger partial charge in [0.25, 0.3) is 0 Å². The van der Waals surface area contributed by atoms with E-state index in [1.165, 1.54) is 0 Å². The van der Waals surface area contributed by atoms with Gasteiger partial charge in [-0.05, 0) is 45.4 Å². The Balaban J connectivity index is 1.30. The van der Waals surface area contributed by atoms with Crippen molar-refractivity contribution in [2.75, 3.05) is 6.61 Å². The summed E-state index contributed by atoms with van der Waals surface area (Å²) in [4.78, 5) is 4.40. The molecule has 5 atom stereocenters. The summed E-state index contributed by atoms with van der Waals surface area (Å²) in [6.45, 7) is 8.39. The second-order valence-electron chi connectivity index (χ2n) is 8.71. The first kappa shape index (κ1) is 19.4. The van der Waals surface area contributed by atoms with Crippen LogP contribution in [0.5, 0.6) is 0 Å². The molecule has 0 aliphatic carbocycles. The molecule has 2 aromatic rings. The first-order valence-corrected chi connectivity index (χ1v) is 10.1. The summed E-state index contributed by atoms with van der Waals surface area (Å²) in [6.07, 6.45) is 0.129. The van der Waals surface area contributed by atoms with E-state index in [9.17, 15) is 0 Å². The molecule has 4 heterocycles. The molecule has 7 nitrogen and oxygen atoms in total. The SMILES string of the molecule is CC1(C)O[C@H]2O[C@H](COCc3ccnc4ccccc34)[C@H]3OC(C)(C)O[C@@H]3[C@H]2O1. The van der Waals surface area contributed by atoms with Crippen molar-refractivity contribution in [2.24, 2.45) is 0 Å². The van der Waals surface area contributed by atoms with Crippen LogP contribution in [0.4, 0.5) is 0 Å². The van der Waals surface area contributed by atoms with Gasteiger partial charge in [0, 0.05) is 11.6 Å². The van der Waals surface area contributed by atoms with Crippen LogP contribution in [0.2, 0.25) is 0 Å². The van der Waals surface area contributed by atoms with Crippen molar-refractivity contribution >= 4 is 10.9 Å². The molecule has 1 aromatic heterocycles. The predicted octanol–water partition coefficient (Wildman–Crippen LogP) is 3.15. The highest BCUT2D eigenvalue weighted by Crippen LogP contribution is 2.44. The summed E-state index contributed by atoms with van der Waals surface area (Å²) in [6, 6.07) is 10.0. The summed E-state index contributed by atoms with van der Waals surface area (Å²) >= 11 is 0. The van der Waals surface area contributed by atoms with Crippen molar-refractivity contribution in [1.29, 1.82) is 0 Å². The van der Waals surface area contributed by atoms with E-state index in [1.807, 2.05) is 52.0 Å². The normalized spacial score (nSPS) is 34.8. The Labute approximate surface area is 170 Å². The topological polar surface area (TPSA) is 68.3 Å². The fourth-order valence-electron chi connectivity index (χ4n) is 4.39. The highest BCUT2D eigenvalue weighted by Gasteiger charge is 2.60. The van der Waals surface area contributed by atoms with Crippen molar-refractivity contribution in [3.8, 4) is 0 Å². The number of aromatic nitrogens is 1. The van der Waals surface area contributed by atoms with E-state index in [2.05, 4.69) is 11.1 Å². The molecular formula is C22H27NO6. The standard InChI is InChI=1S/C22H27NO6/c1-21(2)26-17-16(25-20-19(18(17)27-21)28-22(3,4)29-20)12-24-11-13-9-10-23-15-8-6-5-7-14(13)15/h5-10,16-20H,11-12H2,1-4H3/t16-,17-,18+,19-,20-/m1/s1. The summed E-state index contributed by atoms with van der Waals surface area (Å²) in [5.74, 6) is -1.43. The number of pyridine rings is 1. The summed E-state index contributed by atoms with van der Waals surface area (Å²) in [7, 11) is 0. The minimum atomic E-state index is -0.721. The molecule has 3 aliphatic heterocycles. The molecule has 3 fully saturated rings. The van der Waals surface area contributed by atoms with Gasteiger partial charge in [-0.25, -0.2) is 0 Å². The Morgan fingerprint density at radius 1 is 0.897 bits per heavy atom. The van der Waals surface area contributed by atoms with Gasteiger partial charge in [-0.2, -0.15) is 0 Å². The fourth-order valence-corrected chi connectivity index (χ4v) is 4.39. The van der Waals surface area contributed by atoms with E-state index >= 15 is 0 Å². The number of nitrogens with zero attached hydrogens (tertiary/aromatic N) is 1. The minimum Gasteiger partial charge on any atom is -0.374 e. The zero-order valence-electron chi connectivity index (χ0n) is 17.2. The zero-order valence-corrected chi connectivity index (χ0v) is 17.2. The molecule has 0 unspecified atom stereocenters. The molecule has 3 aliphatic rings. The van der Waals surface area contributed by atoms with E-state index in [-0.39, 0.29) is 24.4 Å². The molecule has 3 saturated heterocycles. The van der Waals surface area contributed by atoms with Gasteiger partial charge < -0.3 is 28.4 Å². The Morgan fingerprint density at radius 3 is 2.48 bits per heavy atom. The lowest BCUT2D eigenvalue weighted by molar-refractivity contribution is -0.243. The van der Waals surface area contributed by atoms with Crippen molar-refractivity contribution in [3.05, 3.63) is 42.1 Å². The molecular weight excluding hydrogens is 374 g/mol. The van der Waals surface area contributed by atoms with Gasteiger partial charge in [-0.3, -0.25) is 4.98 Å². The number of para-hydroxylation sites is 1. The van der Waals surface area contributed by atoms with Crippen LogP contribution in [0.1, 0.15) is 33.3 Å². The van der Waals surface area contributed by atoms with Crippen LogP contribution < -0.4 is 0 Å². The second kappa shape index (κ2) is 6.97. The summed E-state index contributed by atoms with van der Waals surface area (Å²) < 4.78 is 36.5. The van der Waals surface area contributed by atoms with Crippen LogP contribution in [-0.2, 0) is 35.0 Å². The Morgan fingerprint density at radius 2 is 1.62 bits per heavy atom. The predicted molar refractivity (Wildman–Crippen MR) is 104 cm³/mol. The van der Waals surface area contributed by atoms with Crippen molar-refractivity contribution in [2.45, 2.75) is 76.6 Å². The molecule has 29 heavy (non-hydrogen) atoms. The van der Waals surface area contributed by atoms with Crippen LogP contribution >= 0.6 is 0 Å². The number of fused-ring (bicyclic) bond motifs is 4. The third-order valence-electron chi connectivity index (χ3n) is 5.53. The lowest BCUT2D eigenvalue weighted by atomic mass is 9.99. The number of hydrogen-bond acceptors (Lipinski definition) is 7. The van der Waals surface area contributed by atoms with E-state index in [0.29, 0.717) is 13.2 Å². The lowest BCUT2D eigenvalue weighted by Crippen LogP contribution is -2.56. The average Bonchev–Trinajstić information content (AvgIpc) is 3.16. The van der Waals surface area contributed by atoms with E-state index in [4.69, 9.17) is 28.4 Å². The Bertz CT molecular complexity index is 895. The molecule has 0 radical (unpaired) electrons. The van der Waals surface area contributed by atoms with Crippen LogP contribution in [-0.4, -0.2) is 53.9 Å². The highest BCUT2D eigenvalue weighted by molar-refractivity contribution is 5.81. The van der Waals surface area contributed by atoms with Crippen molar-refractivity contribution < 1.29 is 28.4 Å². The molecule has 7 heteroatoms. The number of rotatable bonds is 4. The smallest absolute Gasteiger partial charge is 0.190 e. The number of benzene rings is 1. The molecule has 5 rings (SSSR count). The first-order chi connectivity index (χ1) is 13.8. The highest BCUT2D eigenvalue weighted by atomic mass is 16.9. The zero-order chi connectivity index (χ0) is 20.2. The van der Waals surface area contributed by atoms with Crippen molar-refractivity contribution in [3.63, 3.8) is 0 Å². The molecule has 0 amide bonds. The average molecular weight is 401 g/mol. The molecule has 156 valence electrons. The second-order valence-corrected chi connectivity index (χ2v) is 8.71. The van der Waals surface area contributed by atoms with Gasteiger partial charge in [0.2, 0.25) is 0 Å². The summed E-state index contributed by atoms with van der Waals surface area (Å²) in [5, 5.41) is 1.09. The lowest BCUT2D eigenvalue weighted by Gasteiger charge is -2.37. The van der Waals surface area contributed by atoms with E-state index in [0.717, 1.165) is 16.5 Å². The molecule has 0 saturated carbocycles. The minimum absolute atomic E-state index is 0.263. The summed E-state index contributed by atoms with van der Waals surface area (Å²) in [5.41, 5.74) is 2.05. The fraction of sp³-hybridized carbons (Fsp3) is 0.591. The van der Waals surface area contributed by atoms with E-state index in [1.54, 1.807) is 6.20 Å². The van der Waals surface area contributed by atoms with Gasteiger partial charge in [-0.1, -0.05) is 18.2 Å². The van der Waals surface area contributed by atoms with Crippen molar-refractivity contribution in [1.82, 2.24) is 4.98 Å². The van der Waals surface area contributed by atoms with E-state index < -0.39 is 17.9 Å². The number of hydrogen-bond donors (Lipinski definition) is 0. The molecule has 0 spiro atoms. The Hall–Kier alpha value is -1.61. The van der Waals surface area contributed by atoms with Crippen LogP contribution in [0, 0.1) is 0 Å². The maximum Gasteiger partial charge on any atom is 0.190 e. The molecule has 0 bridgehead atoms.